The molecule has 0 fully saturated rings. The highest BCUT2D eigenvalue weighted by atomic mass is 19.1. The molecule has 5 heteroatoms. The standard InChI is InChI=1S/C12H10FNO3/c1-17-12(16)9-5-8(6-10(13)7-9)3-2-4-11(14)15/h5-7H,4H2,1H3,(H2,14,15). The Morgan fingerprint density at radius 1 is 1.41 bits per heavy atom. The second-order valence-corrected chi connectivity index (χ2v) is 3.17. The molecule has 1 aromatic carbocycles. The van der Waals surface area contributed by atoms with E-state index in [0.29, 0.717) is 0 Å². The fourth-order valence-electron chi connectivity index (χ4n) is 1.13. The van der Waals surface area contributed by atoms with Crippen LogP contribution in [0.4, 0.5) is 4.39 Å². The Morgan fingerprint density at radius 3 is 2.71 bits per heavy atom. The Morgan fingerprint density at radius 2 is 2.12 bits per heavy atom. The van der Waals surface area contributed by atoms with E-state index >= 15 is 0 Å². The SMILES string of the molecule is COC(=O)c1cc(F)cc(C#CCC(N)=O)c1. The van der Waals surface area contributed by atoms with Crippen LogP contribution in [0, 0.1) is 17.7 Å². The third-order valence-corrected chi connectivity index (χ3v) is 1.81. The summed E-state index contributed by atoms with van der Waals surface area (Å²) in [6, 6.07) is 3.58. The summed E-state index contributed by atoms with van der Waals surface area (Å²) >= 11 is 0. The molecule has 0 aliphatic carbocycles. The highest BCUT2D eigenvalue weighted by molar-refractivity contribution is 5.89. The number of carbonyl (C=O) groups is 2. The predicted molar refractivity (Wildman–Crippen MR) is 58.4 cm³/mol. The van der Waals surface area contributed by atoms with E-state index in [4.69, 9.17) is 5.73 Å². The van der Waals surface area contributed by atoms with Crippen LogP contribution in [0.25, 0.3) is 0 Å². The zero-order valence-corrected chi connectivity index (χ0v) is 9.12. The van der Waals surface area contributed by atoms with Crippen molar-refractivity contribution in [2.24, 2.45) is 5.73 Å². The van der Waals surface area contributed by atoms with E-state index in [1.54, 1.807) is 0 Å². The lowest BCUT2D eigenvalue weighted by Crippen LogP contribution is -2.08. The minimum Gasteiger partial charge on any atom is -0.465 e. The van der Waals surface area contributed by atoms with Crippen molar-refractivity contribution in [3.63, 3.8) is 0 Å². The van der Waals surface area contributed by atoms with Gasteiger partial charge in [0.15, 0.2) is 0 Å². The molecule has 0 aromatic heterocycles. The predicted octanol–water partition coefficient (Wildman–Crippen LogP) is 0.839. The third kappa shape index (κ3) is 3.95. The number of benzene rings is 1. The summed E-state index contributed by atoms with van der Waals surface area (Å²) in [7, 11) is 1.20. The molecule has 2 N–H and O–H groups in total. The van der Waals surface area contributed by atoms with E-state index in [2.05, 4.69) is 16.6 Å². The molecule has 0 heterocycles. The lowest BCUT2D eigenvalue weighted by molar-refractivity contribution is -0.117. The van der Waals surface area contributed by atoms with E-state index in [9.17, 15) is 14.0 Å². The molecule has 0 bridgehead atoms. The van der Waals surface area contributed by atoms with Crippen molar-refractivity contribution < 1.29 is 18.7 Å². The maximum atomic E-state index is 13.1. The second kappa shape index (κ2) is 5.66. The van der Waals surface area contributed by atoms with Gasteiger partial charge in [-0.05, 0) is 18.2 Å². The molecule has 0 saturated carbocycles. The lowest BCUT2D eigenvalue weighted by Gasteiger charge is -2.00. The van der Waals surface area contributed by atoms with Crippen LogP contribution in [0.5, 0.6) is 0 Å². The molecule has 1 amide bonds. The van der Waals surface area contributed by atoms with Gasteiger partial charge in [0.05, 0.1) is 19.1 Å². The van der Waals surface area contributed by atoms with Crippen molar-refractivity contribution >= 4 is 11.9 Å². The fourth-order valence-corrected chi connectivity index (χ4v) is 1.13. The monoisotopic (exact) mass is 235 g/mol. The van der Waals surface area contributed by atoms with E-state index in [1.807, 2.05) is 0 Å². The first kappa shape index (κ1) is 12.7. The summed E-state index contributed by atoms with van der Waals surface area (Å²) in [5.74, 6) is 3.19. The van der Waals surface area contributed by atoms with Crippen LogP contribution < -0.4 is 5.73 Å². The van der Waals surface area contributed by atoms with Gasteiger partial charge in [-0.3, -0.25) is 4.79 Å². The molecule has 0 radical (unpaired) electrons. The molecule has 17 heavy (non-hydrogen) atoms. The van der Waals surface area contributed by atoms with Crippen LogP contribution in [-0.4, -0.2) is 19.0 Å². The number of hydrogen-bond acceptors (Lipinski definition) is 3. The van der Waals surface area contributed by atoms with Crippen LogP contribution in [0.15, 0.2) is 18.2 Å². The molecule has 0 aliphatic rings. The molecule has 88 valence electrons. The maximum Gasteiger partial charge on any atom is 0.337 e. The quantitative estimate of drug-likeness (QED) is 0.610. The normalized spacial score (nSPS) is 9.06. The minimum atomic E-state index is -0.651. The van der Waals surface area contributed by atoms with Gasteiger partial charge in [0, 0.05) is 5.56 Å². The Bertz CT molecular complexity index is 514. The number of halogens is 1. The lowest BCUT2D eigenvalue weighted by atomic mass is 10.1. The number of rotatable bonds is 2. The first-order valence-corrected chi connectivity index (χ1v) is 4.69. The van der Waals surface area contributed by atoms with Crippen molar-refractivity contribution in [3.8, 4) is 11.8 Å². The summed E-state index contributed by atoms with van der Waals surface area (Å²) < 4.78 is 17.6. The average molecular weight is 235 g/mol. The molecule has 0 atom stereocenters. The smallest absolute Gasteiger partial charge is 0.337 e. The van der Waals surface area contributed by atoms with E-state index in [1.165, 1.54) is 13.2 Å². The Kier molecular flexibility index (Phi) is 4.23. The van der Waals surface area contributed by atoms with Gasteiger partial charge < -0.3 is 10.5 Å². The first-order valence-electron chi connectivity index (χ1n) is 4.69. The van der Waals surface area contributed by atoms with Gasteiger partial charge in [0.1, 0.15) is 5.82 Å². The second-order valence-electron chi connectivity index (χ2n) is 3.17. The van der Waals surface area contributed by atoms with Gasteiger partial charge in [-0.15, -0.1) is 0 Å². The van der Waals surface area contributed by atoms with Crippen molar-refractivity contribution in [2.75, 3.05) is 7.11 Å². The van der Waals surface area contributed by atoms with Gasteiger partial charge in [0.2, 0.25) is 5.91 Å². The topological polar surface area (TPSA) is 69.4 Å². The molecule has 0 spiro atoms. The number of esters is 1. The van der Waals surface area contributed by atoms with Gasteiger partial charge in [0.25, 0.3) is 0 Å². The van der Waals surface area contributed by atoms with Crippen molar-refractivity contribution in [1.82, 2.24) is 0 Å². The van der Waals surface area contributed by atoms with Gasteiger partial charge >= 0.3 is 5.97 Å². The van der Waals surface area contributed by atoms with Crippen molar-refractivity contribution in [2.45, 2.75) is 6.42 Å². The number of primary amides is 1. The fraction of sp³-hybridized carbons (Fsp3) is 0.167. The summed E-state index contributed by atoms with van der Waals surface area (Å²) in [6.45, 7) is 0. The summed E-state index contributed by atoms with van der Waals surface area (Å²) in [6.07, 6.45) is -0.121. The van der Waals surface area contributed by atoms with Crippen LogP contribution in [0.3, 0.4) is 0 Å². The highest BCUT2D eigenvalue weighted by Crippen LogP contribution is 2.09. The molecular formula is C12H10FNO3. The first-order chi connectivity index (χ1) is 8.02. The Hall–Kier alpha value is -2.35. The highest BCUT2D eigenvalue weighted by Gasteiger charge is 2.07. The molecule has 4 nitrogen and oxygen atoms in total. The zero-order chi connectivity index (χ0) is 12.8. The molecule has 0 aliphatic heterocycles. The largest absolute Gasteiger partial charge is 0.465 e. The molecule has 1 aromatic rings. The third-order valence-electron chi connectivity index (χ3n) is 1.81. The van der Waals surface area contributed by atoms with Crippen molar-refractivity contribution in [3.05, 3.63) is 35.1 Å². The van der Waals surface area contributed by atoms with Gasteiger partial charge in [-0.2, -0.15) is 0 Å². The van der Waals surface area contributed by atoms with Crippen LogP contribution >= 0.6 is 0 Å². The number of carbonyl (C=O) groups excluding carboxylic acids is 2. The Labute approximate surface area is 97.6 Å². The molecule has 0 saturated heterocycles. The number of ether oxygens (including phenoxy) is 1. The number of methoxy groups -OCH3 is 1. The van der Waals surface area contributed by atoms with Crippen LogP contribution in [0.2, 0.25) is 0 Å². The van der Waals surface area contributed by atoms with E-state index < -0.39 is 17.7 Å². The number of hydrogen-bond donors (Lipinski definition) is 1. The molecule has 1 rings (SSSR count). The maximum absolute atomic E-state index is 13.1. The van der Waals surface area contributed by atoms with Crippen LogP contribution in [0.1, 0.15) is 22.3 Å². The van der Waals surface area contributed by atoms with Crippen molar-refractivity contribution in [1.29, 1.82) is 0 Å². The summed E-state index contributed by atoms with van der Waals surface area (Å²) in [4.78, 5) is 21.6. The Balaban J connectivity index is 3.00. The zero-order valence-electron chi connectivity index (χ0n) is 9.12. The number of nitrogens with two attached hydrogens (primary N) is 1. The van der Waals surface area contributed by atoms with Gasteiger partial charge in [-0.1, -0.05) is 11.8 Å². The average Bonchev–Trinajstić information content (AvgIpc) is 2.26. The van der Waals surface area contributed by atoms with E-state index in [0.717, 1.165) is 12.1 Å². The summed E-state index contributed by atoms with van der Waals surface area (Å²) in [5, 5.41) is 0. The minimum absolute atomic E-state index is 0.0656. The molecule has 0 unspecified atom stereocenters. The van der Waals surface area contributed by atoms with E-state index in [-0.39, 0.29) is 17.5 Å². The van der Waals surface area contributed by atoms with Gasteiger partial charge in [-0.25, -0.2) is 9.18 Å². The number of amides is 1. The van der Waals surface area contributed by atoms with Crippen LogP contribution in [-0.2, 0) is 9.53 Å². The summed E-state index contributed by atoms with van der Waals surface area (Å²) in [5.41, 5.74) is 5.25. The molecular weight excluding hydrogens is 225 g/mol.